The van der Waals surface area contributed by atoms with Crippen LogP contribution in [-0.4, -0.2) is 58.1 Å². The van der Waals surface area contributed by atoms with Crippen LogP contribution in [0.15, 0.2) is 24.3 Å². The summed E-state index contributed by atoms with van der Waals surface area (Å²) in [5.74, 6) is -1.58. The van der Waals surface area contributed by atoms with Crippen molar-refractivity contribution in [3.8, 4) is 0 Å². The minimum atomic E-state index is -4.58. The Morgan fingerprint density at radius 2 is 1.02 bits per heavy atom. The number of phosphoric acid groups is 1. The van der Waals surface area contributed by atoms with Gasteiger partial charge >= 0.3 is 7.82 Å². The molecular formula is C37H70NO8P. The molecule has 0 rings (SSSR count). The lowest BCUT2D eigenvalue weighted by molar-refractivity contribution is -0.166. The van der Waals surface area contributed by atoms with Gasteiger partial charge in [-0.3, -0.25) is 18.6 Å². The van der Waals surface area contributed by atoms with E-state index >= 15 is 0 Å². The Balaban J connectivity index is 4.72. The third-order valence-corrected chi connectivity index (χ3v) is 9.42. The van der Waals surface area contributed by atoms with E-state index in [0.717, 1.165) is 77.0 Å². The molecule has 0 bridgehead atoms. The van der Waals surface area contributed by atoms with Crippen LogP contribution in [0.2, 0.25) is 0 Å². The molecule has 1 unspecified atom stereocenters. The number of allylic oxidation sites excluding steroid dienone is 4. The second-order valence-electron chi connectivity index (χ2n) is 12.8. The number of carbonyl (C=O) groups is 2. The molecular weight excluding hydrogens is 617 g/mol. The summed E-state index contributed by atoms with van der Waals surface area (Å²) >= 11 is 0. The largest absolute Gasteiger partial charge is 0.472 e. The average Bonchev–Trinajstić information content (AvgIpc) is 3.06. The predicted molar refractivity (Wildman–Crippen MR) is 192 cm³/mol. The van der Waals surface area contributed by atoms with E-state index in [4.69, 9.17) is 10.3 Å². The highest BCUT2D eigenvalue weighted by Gasteiger charge is 2.49. The van der Waals surface area contributed by atoms with Gasteiger partial charge in [-0.2, -0.15) is 0 Å². The third-order valence-electron chi connectivity index (χ3n) is 8.43. The molecule has 0 aromatic carbocycles. The van der Waals surface area contributed by atoms with E-state index in [1.165, 1.54) is 51.4 Å². The van der Waals surface area contributed by atoms with Crippen molar-refractivity contribution in [2.45, 2.75) is 180 Å². The van der Waals surface area contributed by atoms with Crippen molar-refractivity contribution >= 4 is 19.4 Å². The molecule has 0 aromatic rings. The zero-order valence-electron chi connectivity index (χ0n) is 29.9. The fourth-order valence-corrected chi connectivity index (χ4v) is 6.14. The van der Waals surface area contributed by atoms with Crippen LogP contribution < -0.4 is 5.73 Å². The molecule has 2 atom stereocenters. The van der Waals surface area contributed by atoms with Crippen LogP contribution in [0, 0.1) is 0 Å². The van der Waals surface area contributed by atoms with E-state index in [2.05, 4.69) is 42.7 Å². The van der Waals surface area contributed by atoms with Crippen LogP contribution in [-0.2, 0) is 23.2 Å². The first-order valence-corrected chi connectivity index (χ1v) is 20.2. The molecule has 0 aliphatic rings. The maximum atomic E-state index is 13.2. The van der Waals surface area contributed by atoms with Crippen LogP contribution in [0.4, 0.5) is 0 Å². The number of aliphatic hydroxyl groups excluding tert-OH is 1. The van der Waals surface area contributed by atoms with Crippen molar-refractivity contribution in [1.29, 1.82) is 0 Å². The first-order valence-electron chi connectivity index (χ1n) is 18.7. The summed E-state index contributed by atoms with van der Waals surface area (Å²) in [5.41, 5.74) is 2.58. The summed E-state index contributed by atoms with van der Waals surface area (Å²) in [6.07, 6.45) is 29.8. The number of ketones is 2. The molecule has 0 heterocycles. The number of hydrogen-bond acceptors (Lipinski definition) is 8. The van der Waals surface area contributed by atoms with Gasteiger partial charge in [0.15, 0.2) is 11.6 Å². The molecule has 9 nitrogen and oxygen atoms in total. The first-order chi connectivity index (χ1) is 22.7. The summed E-state index contributed by atoms with van der Waals surface area (Å²) in [4.78, 5) is 36.2. The highest BCUT2D eigenvalue weighted by Crippen LogP contribution is 2.43. The van der Waals surface area contributed by atoms with E-state index < -0.39 is 37.7 Å². The topological polar surface area (TPSA) is 156 Å². The van der Waals surface area contributed by atoms with Gasteiger partial charge in [0.2, 0.25) is 5.60 Å². The smallest absolute Gasteiger partial charge is 0.387 e. The van der Waals surface area contributed by atoms with Crippen molar-refractivity contribution in [2.24, 2.45) is 5.73 Å². The molecule has 276 valence electrons. The molecule has 10 heteroatoms. The Kier molecular flexibility index (Phi) is 30.1. The molecule has 0 radical (unpaired) electrons. The molecule has 0 amide bonds. The molecule has 5 N–H and O–H groups in total. The highest BCUT2D eigenvalue weighted by molar-refractivity contribution is 7.47. The standard InChI is InChI=1S/C37H70NO8P/c1-3-5-7-9-11-13-15-17-19-21-23-25-27-29-34(39)37(42,36(41)33-46-47(43,44)45-32-31-38)35(40)30-28-26-24-22-20-18-16-14-12-10-8-6-4-2/h13-16,36,41-42H,3-12,17-33,38H2,1-2H3,(H,43,44)/t36-,37?/m0/s1. The molecule has 0 saturated carbocycles. The second kappa shape index (κ2) is 30.8. The van der Waals surface area contributed by atoms with Crippen LogP contribution in [0.5, 0.6) is 0 Å². The maximum absolute atomic E-state index is 13.2. The molecule has 0 aliphatic heterocycles. The fraction of sp³-hybridized carbons (Fsp3) is 0.838. The lowest BCUT2D eigenvalue weighted by Gasteiger charge is -2.30. The number of Topliss-reactive ketones (excluding diaryl/α,β-unsaturated/α-hetero) is 2. The number of rotatable bonds is 35. The number of phosphoric ester groups is 1. The highest BCUT2D eigenvalue weighted by atomic mass is 31.2. The second-order valence-corrected chi connectivity index (χ2v) is 14.2. The zero-order valence-corrected chi connectivity index (χ0v) is 30.8. The third kappa shape index (κ3) is 24.6. The molecule has 0 saturated heterocycles. The van der Waals surface area contributed by atoms with Crippen molar-refractivity contribution in [3.05, 3.63) is 24.3 Å². The maximum Gasteiger partial charge on any atom is 0.472 e. The zero-order chi connectivity index (χ0) is 35.1. The average molecular weight is 688 g/mol. The molecule has 0 fully saturated rings. The first kappa shape index (κ1) is 45.8. The molecule has 0 spiro atoms. The Labute approximate surface area is 286 Å². The summed E-state index contributed by atoms with van der Waals surface area (Å²) in [7, 11) is -4.58. The van der Waals surface area contributed by atoms with Gasteiger partial charge in [0.25, 0.3) is 0 Å². The number of hydrogen-bond donors (Lipinski definition) is 4. The van der Waals surface area contributed by atoms with Gasteiger partial charge in [0.05, 0.1) is 13.2 Å². The Hall–Kier alpha value is -1.19. The molecule has 0 aliphatic carbocycles. The Bertz CT molecular complexity index is 830. The minimum absolute atomic E-state index is 0.0248. The fourth-order valence-electron chi connectivity index (χ4n) is 5.40. The van der Waals surface area contributed by atoms with Crippen molar-refractivity contribution < 1.29 is 38.3 Å². The van der Waals surface area contributed by atoms with Crippen molar-refractivity contribution in [3.63, 3.8) is 0 Å². The van der Waals surface area contributed by atoms with Crippen molar-refractivity contribution in [2.75, 3.05) is 19.8 Å². The van der Waals surface area contributed by atoms with Gasteiger partial charge in [0.1, 0.15) is 6.10 Å². The summed E-state index contributed by atoms with van der Waals surface area (Å²) in [6, 6.07) is 0. The molecule has 0 aromatic heterocycles. The van der Waals surface area contributed by atoms with E-state index in [1.807, 2.05) is 0 Å². The van der Waals surface area contributed by atoms with Gasteiger partial charge < -0.3 is 20.8 Å². The minimum Gasteiger partial charge on any atom is -0.387 e. The number of carbonyl (C=O) groups excluding carboxylic acids is 2. The van der Waals surface area contributed by atoms with Crippen LogP contribution in [0.1, 0.15) is 168 Å². The van der Waals surface area contributed by atoms with Crippen LogP contribution in [0.3, 0.4) is 0 Å². The monoisotopic (exact) mass is 687 g/mol. The normalized spacial score (nSPS) is 15.3. The van der Waals surface area contributed by atoms with Gasteiger partial charge in [-0.1, -0.05) is 115 Å². The summed E-state index contributed by atoms with van der Waals surface area (Å²) in [5, 5.41) is 22.1. The van der Waals surface area contributed by atoms with Crippen molar-refractivity contribution in [1.82, 2.24) is 0 Å². The SMILES string of the molecule is CCCCCCC=CCCCCCCCC(=O)C(O)(C(=O)CCCCCCCC=CCCCCCC)[C@@H](O)COP(=O)(O)OCCN. The van der Waals surface area contributed by atoms with Gasteiger partial charge in [-0.25, -0.2) is 4.57 Å². The number of unbranched alkanes of at least 4 members (excludes halogenated alkanes) is 18. The van der Waals surface area contributed by atoms with E-state index in [9.17, 15) is 29.3 Å². The van der Waals surface area contributed by atoms with Gasteiger partial charge in [-0.05, 0) is 64.2 Å². The lowest BCUT2D eigenvalue weighted by atomic mass is 9.82. The van der Waals surface area contributed by atoms with E-state index in [1.54, 1.807) is 0 Å². The predicted octanol–water partition coefficient (Wildman–Crippen LogP) is 8.82. The summed E-state index contributed by atoms with van der Waals surface area (Å²) < 4.78 is 21.5. The Morgan fingerprint density at radius 3 is 1.40 bits per heavy atom. The number of nitrogens with two attached hydrogens (primary N) is 1. The van der Waals surface area contributed by atoms with Crippen LogP contribution >= 0.6 is 7.82 Å². The van der Waals surface area contributed by atoms with Gasteiger partial charge in [-0.15, -0.1) is 0 Å². The quantitative estimate of drug-likeness (QED) is 0.0221. The van der Waals surface area contributed by atoms with Crippen LogP contribution in [0.25, 0.3) is 0 Å². The Morgan fingerprint density at radius 1 is 0.660 bits per heavy atom. The molecule has 47 heavy (non-hydrogen) atoms. The van der Waals surface area contributed by atoms with E-state index in [0.29, 0.717) is 12.8 Å². The van der Waals surface area contributed by atoms with E-state index in [-0.39, 0.29) is 26.0 Å². The van der Waals surface area contributed by atoms with Gasteiger partial charge in [0, 0.05) is 19.4 Å². The number of aliphatic hydroxyl groups is 2. The lowest BCUT2D eigenvalue weighted by Crippen LogP contribution is -2.57. The summed E-state index contributed by atoms with van der Waals surface area (Å²) in [6.45, 7) is 3.23.